The first-order chi connectivity index (χ1) is 8.02. The Bertz CT molecular complexity index is 398. The lowest BCUT2D eigenvalue weighted by molar-refractivity contribution is -0.120. The Morgan fingerprint density at radius 3 is 2.82 bits per heavy atom. The van der Waals surface area contributed by atoms with E-state index < -0.39 is 0 Å². The molecule has 0 aliphatic heterocycles. The number of anilines is 1. The molecule has 94 valence electrons. The van der Waals surface area contributed by atoms with Crippen molar-refractivity contribution >= 4 is 27.5 Å². The Labute approximate surface area is 109 Å². The summed E-state index contributed by atoms with van der Waals surface area (Å²) in [6.07, 6.45) is 0.873. The van der Waals surface area contributed by atoms with Crippen molar-refractivity contribution in [1.29, 1.82) is 0 Å². The maximum Gasteiger partial charge on any atom is 0.239 e. The Kier molecular flexibility index (Phi) is 5.41. The number of rotatable bonds is 5. The summed E-state index contributed by atoms with van der Waals surface area (Å²) in [7, 11) is 0. The van der Waals surface area contributed by atoms with Crippen LogP contribution in [0.1, 0.15) is 20.3 Å². The van der Waals surface area contributed by atoms with E-state index in [1.165, 1.54) is 6.07 Å². The molecule has 1 amide bonds. The second kappa shape index (κ2) is 6.59. The normalized spacial score (nSPS) is 12.0. The summed E-state index contributed by atoms with van der Waals surface area (Å²) in [5, 5.41) is 5.56. The second-order valence-electron chi connectivity index (χ2n) is 3.85. The molecule has 1 aromatic rings. The minimum absolute atomic E-state index is 0.0723. The van der Waals surface area contributed by atoms with Crippen LogP contribution in [0.2, 0.25) is 0 Å². The minimum atomic E-state index is -0.379. The van der Waals surface area contributed by atoms with E-state index in [9.17, 15) is 9.18 Å². The van der Waals surface area contributed by atoms with Crippen molar-refractivity contribution < 1.29 is 9.18 Å². The number of hydrogen-bond donors (Lipinski definition) is 2. The van der Waals surface area contributed by atoms with Gasteiger partial charge in [-0.25, -0.2) is 4.39 Å². The molecular formula is C12H16BrFN2O. The van der Waals surface area contributed by atoms with E-state index in [0.717, 1.165) is 6.42 Å². The third-order valence-corrected chi connectivity index (χ3v) is 2.88. The lowest BCUT2D eigenvalue weighted by Crippen LogP contribution is -2.36. The van der Waals surface area contributed by atoms with E-state index >= 15 is 0 Å². The Balaban J connectivity index is 2.47. The van der Waals surface area contributed by atoms with Gasteiger partial charge in [-0.15, -0.1) is 0 Å². The van der Waals surface area contributed by atoms with Crippen LogP contribution in [0.3, 0.4) is 0 Å². The molecule has 2 N–H and O–H groups in total. The molecule has 0 spiro atoms. The number of nitrogens with one attached hydrogen (secondary N) is 2. The molecule has 1 rings (SSSR count). The zero-order valence-electron chi connectivity index (χ0n) is 9.89. The number of carbonyl (C=O) groups excluding carboxylic acids is 1. The third kappa shape index (κ3) is 4.73. The molecule has 0 aliphatic rings. The molecule has 0 bridgehead atoms. The highest BCUT2D eigenvalue weighted by molar-refractivity contribution is 9.10. The molecule has 0 heterocycles. The van der Waals surface area contributed by atoms with Crippen molar-refractivity contribution in [2.45, 2.75) is 26.3 Å². The monoisotopic (exact) mass is 302 g/mol. The summed E-state index contributed by atoms with van der Waals surface area (Å²) in [6.45, 7) is 3.99. The molecule has 0 aromatic heterocycles. The van der Waals surface area contributed by atoms with E-state index in [4.69, 9.17) is 0 Å². The van der Waals surface area contributed by atoms with Gasteiger partial charge in [0, 0.05) is 10.5 Å². The molecule has 5 heteroatoms. The van der Waals surface area contributed by atoms with Crippen molar-refractivity contribution in [2.24, 2.45) is 0 Å². The van der Waals surface area contributed by atoms with Crippen LogP contribution in [0.25, 0.3) is 0 Å². The van der Waals surface area contributed by atoms with Crippen LogP contribution in [-0.4, -0.2) is 18.5 Å². The first-order valence-electron chi connectivity index (χ1n) is 5.51. The predicted molar refractivity (Wildman–Crippen MR) is 70.5 cm³/mol. The maximum atomic E-state index is 13.4. The molecule has 0 saturated heterocycles. The number of benzene rings is 1. The molecule has 1 aromatic carbocycles. The van der Waals surface area contributed by atoms with E-state index in [0.29, 0.717) is 10.2 Å². The van der Waals surface area contributed by atoms with Crippen LogP contribution >= 0.6 is 15.9 Å². The van der Waals surface area contributed by atoms with Gasteiger partial charge in [0.25, 0.3) is 0 Å². The first-order valence-corrected chi connectivity index (χ1v) is 6.30. The molecule has 0 unspecified atom stereocenters. The highest BCUT2D eigenvalue weighted by Gasteiger charge is 2.07. The van der Waals surface area contributed by atoms with Gasteiger partial charge in [-0.05, 0) is 31.5 Å². The molecule has 17 heavy (non-hydrogen) atoms. The van der Waals surface area contributed by atoms with E-state index in [-0.39, 0.29) is 24.3 Å². The lowest BCUT2D eigenvalue weighted by atomic mass is 10.2. The summed E-state index contributed by atoms with van der Waals surface area (Å²) in [5.41, 5.74) is 0.326. The van der Waals surface area contributed by atoms with Gasteiger partial charge in [-0.2, -0.15) is 0 Å². The first kappa shape index (κ1) is 14.0. The standard InChI is InChI=1S/C12H16BrFN2O/c1-3-8(2)16-12(17)7-15-11-5-4-9(13)6-10(11)14/h4-6,8,15H,3,7H2,1-2H3,(H,16,17)/t8-/m0/s1. The third-order valence-electron chi connectivity index (χ3n) is 2.39. The fraction of sp³-hybridized carbons (Fsp3) is 0.417. The summed E-state index contributed by atoms with van der Waals surface area (Å²) in [6, 6.07) is 4.81. The molecule has 0 fully saturated rings. The highest BCUT2D eigenvalue weighted by Crippen LogP contribution is 2.18. The van der Waals surface area contributed by atoms with Crippen molar-refractivity contribution in [3.05, 3.63) is 28.5 Å². The average Bonchev–Trinajstić information content (AvgIpc) is 2.27. The average molecular weight is 303 g/mol. The molecule has 0 aliphatic carbocycles. The summed E-state index contributed by atoms with van der Waals surface area (Å²) in [4.78, 5) is 11.5. The van der Waals surface area contributed by atoms with Gasteiger partial charge in [0.1, 0.15) is 5.82 Å². The SMILES string of the molecule is CC[C@H](C)NC(=O)CNc1ccc(Br)cc1F. The molecular weight excluding hydrogens is 287 g/mol. The second-order valence-corrected chi connectivity index (χ2v) is 4.77. The van der Waals surface area contributed by atoms with Crippen LogP contribution in [0.5, 0.6) is 0 Å². The van der Waals surface area contributed by atoms with E-state index in [2.05, 4.69) is 26.6 Å². The van der Waals surface area contributed by atoms with E-state index in [1.807, 2.05) is 13.8 Å². The fourth-order valence-electron chi connectivity index (χ4n) is 1.24. The smallest absolute Gasteiger partial charge is 0.239 e. The minimum Gasteiger partial charge on any atom is -0.374 e. The lowest BCUT2D eigenvalue weighted by Gasteiger charge is -2.12. The Morgan fingerprint density at radius 2 is 2.24 bits per heavy atom. The molecule has 0 saturated carbocycles. The number of hydrogen-bond acceptors (Lipinski definition) is 2. The molecule has 1 atom stereocenters. The van der Waals surface area contributed by atoms with Gasteiger partial charge in [0.2, 0.25) is 5.91 Å². The van der Waals surface area contributed by atoms with Crippen LogP contribution in [0.4, 0.5) is 10.1 Å². The predicted octanol–water partition coefficient (Wildman–Crippen LogP) is 2.91. The van der Waals surface area contributed by atoms with Crippen LogP contribution in [0.15, 0.2) is 22.7 Å². The van der Waals surface area contributed by atoms with Gasteiger partial charge >= 0.3 is 0 Å². The van der Waals surface area contributed by atoms with Crippen molar-refractivity contribution in [3.8, 4) is 0 Å². The van der Waals surface area contributed by atoms with Crippen LogP contribution in [-0.2, 0) is 4.79 Å². The van der Waals surface area contributed by atoms with Crippen LogP contribution < -0.4 is 10.6 Å². The molecule has 3 nitrogen and oxygen atoms in total. The molecule has 0 radical (unpaired) electrons. The maximum absolute atomic E-state index is 13.4. The van der Waals surface area contributed by atoms with Gasteiger partial charge in [-0.1, -0.05) is 22.9 Å². The summed E-state index contributed by atoms with van der Waals surface area (Å²) in [5.74, 6) is -0.516. The largest absolute Gasteiger partial charge is 0.374 e. The number of amides is 1. The van der Waals surface area contributed by atoms with Gasteiger partial charge in [-0.3, -0.25) is 4.79 Å². The van der Waals surface area contributed by atoms with Gasteiger partial charge in [0.15, 0.2) is 0 Å². The van der Waals surface area contributed by atoms with Gasteiger partial charge in [0.05, 0.1) is 12.2 Å². The van der Waals surface area contributed by atoms with E-state index in [1.54, 1.807) is 12.1 Å². The summed E-state index contributed by atoms with van der Waals surface area (Å²) < 4.78 is 14.1. The highest BCUT2D eigenvalue weighted by atomic mass is 79.9. The zero-order valence-corrected chi connectivity index (χ0v) is 11.5. The quantitative estimate of drug-likeness (QED) is 0.878. The van der Waals surface area contributed by atoms with Crippen molar-refractivity contribution in [2.75, 3.05) is 11.9 Å². The summed E-state index contributed by atoms with van der Waals surface area (Å²) >= 11 is 3.17. The topological polar surface area (TPSA) is 41.1 Å². The number of halogens is 2. The fourth-order valence-corrected chi connectivity index (χ4v) is 1.57. The zero-order chi connectivity index (χ0) is 12.8. The number of carbonyl (C=O) groups is 1. The Morgan fingerprint density at radius 1 is 1.53 bits per heavy atom. The van der Waals surface area contributed by atoms with Gasteiger partial charge < -0.3 is 10.6 Å². The van der Waals surface area contributed by atoms with Crippen LogP contribution in [0, 0.1) is 5.82 Å². The van der Waals surface area contributed by atoms with Crippen molar-refractivity contribution in [1.82, 2.24) is 5.32 Å². The Hall–Kier alpha value is -1.10. The van der Waals surface area contributed by atoms with Crippen molar-refractivity contribution in [3.63, 3.8) is 0 Å².